The van der Waals surface area contributed by atoms with E-state index in [1.54, 1.807) is 17.0 Å². The summed E-state index contributed by atoms with van der Waals surface area (Å²) >= 11 is 0. The molecule has 2 aromatic rings. The second-order valence-electron chi connectivity index (χ2n) is 6.10. The number of carbonyl (C=O) groups is 1. The Bertz CT molecular complexity index is 712. The Labute approximate surface area is 140 Å². The van der Waals surface area contributed by atoms with Gasteiger partial charge in [0.15, 0.2) is 0 Å². The highest BCUT2D eigenvalue weighted by Gasteiger charge is 2.33. The second-order valence-corrected chi connectivity index (χ2v) is 6.10. The van der Waals surface area contributed by atoms with Crippen LogP contribution in [-0.2, 0) is 6.42 Å². The molecule has 1 unspecified atom stereocenters. The fourth-order valence-electron chi connectivity index (χ4n) is 2.96. The van der Waals surface area contributed by atoms with Crippen molar-refractivity contribution in [2.45, 2.75) is 32.7 Å². The third-order valence-electron chi connectivity index (χ3n) is 4.19. The van der Waals surface area contributed by atoms with E-state index in [0.29, 0.717) is 19.5 Å². The van der Waals surface area contributed by atoms with Crippen LogP contribution in [0, 0.1) is 19.7 Å². The van der Waals surface area contributed by atoms with Gasteiger partial charge >= 0.3 is 6.03 Å². The first-order valence-corrected chi connectivity index (χ1v) is 8.14. The van der Waals surface area contributed by atoms with Crippen LogP contribution in [0.4, 0.5) is 9.18 Å². The SMILES string of the molecule is Cc1cc(C)nc(CCNC(=O)N2CCC2c2ccc(F)cc2)n1. The van der Waals surface area contributed by atoms with Gasteiger partial charge in [-0.25, -0.2) is 19.2 Å². The number of benzene rings is 1. The molecule has 0 radical (unpaired) electrons. The molecular weight excluding hydrogens is 307 g/mol. The molecule has 1 aromatic carbocycles. The van der Waals surface area contributed by atoms with Gasteiger partial charge in [-0.05, 0) is 44.0 Å². The molecule has 3 rings (SSSR count). The van der Waals surface area contributed by atoms with E-state index >= 15 is 0 Å². The Morgan fingerprint density at radius 1 is 1.25 bits per heavy atom. The van der Waals surface area contributed by atoms with Gasteiger partial charge < -0.3 is 10.2 Å². The summed E-state index contributed by atoms with van der Waals surface area (Å²) in [6.07, 6.45) is 1.50. The molecule has 0 bridgehead atoms. The minimum atomic E-state index is -0.262. The van der Waals surface area contributed by atoms with E-state index < -0.39 is 0 Å². The highest BCUT2D eigenvalue weighted by Crippen LogP contribution is 2.32. The first-order chi connectivity index (χ1) is 11.5. The van der Waals surface area contributed by atoms with Crippen molar-refractivity contribution in [3.63, 3.8) is 0 Å². The van der Waals surface area contributed by atoms with Gasteiger partial charge in [0, 0.05) is 30.9 Å². The van der Waals surface area contributed by atoms with Crippen molar-refractivity contribution in [3.05, 3.63) is 58.9 Å². The zero-order valence-corrected chi connectivity index (χ0v) is 13.9. The van der Waals surface area contributed by atoms with E-state index in [1.165, 1.54) is 12.1 Å². The van der Waals surface area contributed by atoms with Crippen molar-refractivity contribution < 1.29 is 9.18 Å². The van der Waals surface area contributed by atoms with Crippen LogP contribution in [0.15, 0.2) is 30.3 Å². The predicted molar refractivity (Wildman–Crippen MR) is 89.1 cm³/mol. The molecule has 2 amide bonds. The van der Waals surface area contributed by atoms with Crippen molar-refractivity contribution >= 4 is 6.03 Å². The number of nitrogens with one attached hydrogen (secondary N) is 1. The molecule has 24 heavy (non-hydrogen) atoms. The van der Waals surface area contributed by atoms with Crippen LogP contribution < -0.4 is 5.32 Å². The Balaban J connectivity index is 1.52. The van der Waals surface area contributed by atoms with Crippen LogP contribution in [0.3, 0.4) is 0 Å². The van der Waals surface area contributed by atoms with Crippen molar-refractivity contribution in [3.8, 4) is 0 Å². The molecular formula is C18H21FN4O. The third-order valence-corrected chi connectivity index (χ3v) is 4.19. The zero-order chi connectivity index (χ0) is 17.1. The van der Waals surface area contributed by atoms with Crippen LogP contribution in [0.5, 0.6) is 0 Å². The predicted octanol–water partition coefficient (Wildman–Crippen LogP) is 2.93. The van der Waals surface area contributed by atoms with Crippen molar-refractivity contribution in [1.29, 1.82) is 0 Å². The number of aryl methyl sites for hydroxylation is 2. The fraction of sp³-hybridized carbons (Fsp3) is 0.389. The number of aromatic nitrogens is 2. The monoisotopic (exact) mass is 328 g/mol. The Morgan fingerprint density at radius 3 is 2.50 bits per heavy atom. The molecule has 1 aromatic heterocycles. The number of urea groups is 1. The van der Waals surface area contributed by atoms with Gasteiger partial charge in [0.05, 0.1) is 6.04 Å². The Kier molecular flexibility index (Phi) is 4.74. The van der Waals surface area contributed by atoms with Crippen molar-refractivity contribution in [1.82, 2.24) is 20.2 Å². The van der Waals surface area contributed by atoms with Gasteiger partial charge in [0.2, 0.25) is 0 Å². The van der Waals surface area contributed by atoms with E-state index in [1.807, 2.05) is 19.9 Å². The molecule has 1 fully saturated rings. The number of hydrogen-bond acceptors (Lipinski definition) is 3. The van der Waals surface area contributed by atoms with Gasteiger partial charge in [0.25, 0.3) is 0 Å². The number of halogens is 1. The van der Waals surface area contributed by atoms with E-state index in [4.69, 9.17) is 0 Å². The van der Waals surface area contributed by atoms with Gasteiger partial charge in [-0.1, -0.05) is 12.1 Å². The highest BCUT2D eigenvalue weighted by molar-refractivity contribution is 5.75. The van der Waals surface area contributed by atoms with Crippen molar-refractivity contribution in [2.75, 3.05) is 13.1 Å². The zero-order valence-electron chi connectivity index (χ0n) is 13.9. The molecule has 1 aliphatic rings. The maximum absolute atomic E-state index is 13.0. The molecule has 0 saturated carbocycles. The van der Waals surface area contributed by atoms with Gasteiger partial charge in [-0.3, -0.25) is 0 Å². The summed E-state index contributed by atoms with van der Waals surface area (Å²) in [4.78, 5) is 22.8. The molecule has 1 aliphatic heterocycles. The lowest BCUT2D eigenvalue weighted by Crippen LogP contribution is -2.50. The standard InChI is InChI=1S/C18H21FN4O/c1-12-11-13(2)22-17(21-12)7-9-20-18(24)23-10-8-16(23)14-3-5-15(19)6-4-14/h3-6,11,16H,7-10H2,1-2H3,(H,20,24). The number of rotatable bonds is 4. The maximum Gasteiger partial charge on any atom is 0.317 e. The number of nitrogens with zero attached hydrogens (tertiary/aromatic N) is 3. The van der Waals surface area contributed by atoms with Crippen LogP contribution in [-0.4, -0.2) is 34.0 Å². The lowest BCUT2D eigenvalue weighted by molar-refractivity contribution is 0.115. The number of hydrogen-bond donors (Lipinski definition) is 1. The van der Waals surface area contributed by atoms with E-state index in [-0.39, 0.29) is 17.9 Å². The molecule has 0 aliphatic carbocycles. The van der Waals surface area contributed by atoms with Gasteiger partial charge in [-0.15, -0.1) is 0 Å². The van der Waals surface area contributed by atoms with E-state index in [2.05, 4.69) is 15.3 Å². The summed E-state index contributed by atoms with van der Waals surface area (Å²) in [5.41, 5.74) is 2.83. The third kappa shape index (κ3) is 3.69. The minimum Gasteiger partial charge on any atom is -0.338 e. The summed E-state index contributed by atoms with van der Waals surface area (Å²) in [6.45, 7) is 5.08. The van der Waals surface area contributed by atoms with Crippen LogP contribution >= 0.6 is 0 Å². The minimum absolute atomic E-state index is 0.0306. The summed E-state index contributed by atoms with van der Waals surface area (Å²) in [5, 5.41) is 2.92. The first kappa shape index (κ1) is 16.4. The molecule has 0 spiro atoms. The van der Waals surface area contributed by atoms with Crippen LogP contribution in [0.2, 0.25) is 0 Å². The fourth-order valence-corrected chi connectivity index (χ4v) is 2.96. The maximum atomic E-state index is 13.0. The average Bonchev–Trinajstić information content (AvgIpc) is 2.47. The molecule has 126 valence electrons. The topological polar surface area (TPSA) is 58.1 Å². The number of carbonyl (C=O) groups excluding carboxylic acids is 1. The second kappa shape index (κ2) is 6.95. The first-order valence-electron chi connectivity index (χ1n) is 8.14. The number of likely N-dealkylation sites (tertiary alicyclic amines) is 1. The molecule has 1 atom stereocenters. The lowest BCUT2D eigenvalue weighted by Gasteiger charge is -2.41. The number of amides is 2. The van der Waals surface area contributed by atoms with Gasteiger partial charge in [0.1, 0.15) is 11.6 Å². The molecule has 1 N–H and O–H groups in total. The van der Waals surface area contributed by atoms with Crippen LogP contribution in [0.25, 0.3) is 0 Å². The van der Waals surface area contributed by atoms with E-state index in [0.717, 1.165) is 29.2 Å². The summed E-state index contributed by atoms with van der Waals surface area (Å²) in [5.74, 6) is 0.481. The summed E-state index contributed by atoms with van der Waals surface area (Å²) in [6, 6.07) is 8.20. The molecule has 1 saturated heterocycles. The quantitative estimate of drug-likeness (QED) is 0.939. The Hall–Kier alpha value is -2.50. The summed E-state index contributed by atoms with van der Waals surface area (Å²) < 4.78 is 13.0. The van der Waals surface area contributed by atoms with Crippen molar-refractivity contribution in [2.24, 2.45) is 0 Å². The average molecular weight is 328 g/mol. The smallest absolute Gasteiger partial charge is 0.317 e. The molecule has 2 heterocycles. The van der Waals surface area contributed by atoms with E-state index in [9.17, 15) is 9.18 Å². The van der Waals surface area contributed by atoms with Crippen LogP contribution in [0.1, 0.15) is 35.2 Å². The summed E-state index contributed by atoms with van der Waals surface area (Å²) in [7, 11) is 0. The highest BCUT2D eigenvalue weighted by atomic mass is 19.1. The lowest BCUT2D eigenvalue weighted by atomic mass is 9.95. The molecule has 5 nitrogen and oxygen atoms in total. The van der Waals surface area contributed by atoms with Gasteiger partial charge in [-0.2, -0.15) is 0 Å². The largest absolute Gasteiger partial charge is 0.338 e. The molecule has 6 heteroatoms. The normalized spacial score (nSPS) is 16.6. The Morgan fingerprint density at radius 2 is 1.92 bits per heavy atom.